The Hall–Kier alpha value is -8.52. The molecule has 3 aliphatic carbocycles. The maximum atomic E-state index is 2.52. The van der Waals surface area contributed by atoms with Crippen LogP contribution in [0.25, 0.3) is 33.4 Å². The van der Waals surface area contributed by atoms with Gasteiger partial charge in [-0.1, -0.05) is 224 Å². The summed E-state index contributed by atoms with van der Waals surface area (Å²) in [6.45, 7) is 0. The van der Waals surface area contributed by atoms with Gasteiger partial charge in [0.25, 0.3) is 0 Å². The van der Waals surface area contributed by atoms with Crippen LogP contribution in [0, 0.1) is 0 Å². The van der Waals surface area contributed by atoms with Crippen molar-refractivity contribution >= 4 is 28.2 Å². The van der Waals surface area contributed by atoms with Crippen molar-refractivity contribution in [2.24, 2.45) is 0 Å². The van der Waals surface area contributed by atoms with Crippen molar-refractivity contribution in [2.45, 2.75) is 23.7 Å². The lowest BCUT2D eigenvalue weighted by molar-refractivity contribution is 0.624. The Bertz CT molecular complexity index is 3460. The molecule has 69 heavy (non-hydrogen) atoms. The van der Waals surface area contributed by atoms with Crippen LogP contribution in [0.3, 0.4) is 0 Å². The van der Waals surface area contributed by atoms with Crippen LogP contribution in [-0.2, 0) is 10.8 Å². The minimum Gasteiger partial charge on any atom is -0.311 e. The number of allylic oxidation sites excluding steroid dienone is 4. The van der Waals surface area contributed by atoms with Crippen LogP contribution in [0.2, 0.25) is 0 Å². The lowest BCUT2D eigenvalue weighted by Gasteiger charge is -2.50. The molecule has 10 aromatic carbocycles. The number of rotatable bonds is 8. The predicted octanol–water partition coefficient (Wildman–Crippen LogP) is 17.1. The van der Waals surface area contributed by atoms with Gasteiger partial charge in [0.1, 0.15) is 0 Å². The molecule has 0 saturated carbocycles. The smallest absolute Gasteiger partial charge is 0.0720 e. The van der Waals surface area contributed by atoms with Gasteiger partial charge in [0.15, 0.2) is 0 Å². The molecule has 10 aromatic rings. The Labute approximate surface area is 405 Å². The molecule has 0 N–H and O–H groups in total. The molecule has 0 heterocycles. The highest BCUT2D eigenvalue weighted by Crippen LogP contribution is 2.64. The molecule has 0 aliphatic heterocycles. The topological polar surface area (TPSA) is 3.24 Å². The van der Waals surface area contributed by atoms with Gasteiger partial charge in [0, 0.05) is 17.1 Å². The second-order valence-electron chi connectivity index (χ2n) is 18.6. The van der Waals surface area contributed by atoms with Gasteiger partial charge >= 0.3 is 0 Å². The Kier molecular flexibility index (Phi) is 9.84. The molecule has 326 valence electrons. The molecule has 0 unspecified atom stereocenters. The fraction of sp³-hybridized carbons (Fsp3) is 0.0588. The molecule has 1 nitrogen and oxygen atoms in total. The number of hydrogen-bond acceptors (Lipinski definition) is 1. The highest BCUT2D eigenvalue weighted by Gasteiger charge is 2.56. The summed E-state index contributed by atoms with van der Waals surface area (Å²) in [7, 11) is 0. The van der Waals surface area contributed by atoms with Gasteiger partial charge in [-0.05, 0) is 150 Å². The fourth-order valence-electron chi connectivity index (χ4n) is 12.2. The van der Waals surface area contributed by atoms with Crippen molar-refractivity contribution in [3.63, 3.8) is 0 Å². The molecule has 0 amide bonds. The summed E-state index contributed by atoms with van der Waals surface area (Å²) in [5.74, 6) is 0. The maximum Gasteiger partial charge on any atom is 0.0720 e. The number of anilines is 3. The number of hydrogen-bond donors (Lipinski definition) is 0. The van der Waals surface area contributed by atoms with E-state index in [4.69, 9.17) is 0 Å². The fourth-order valence-corrected chi connectivity index (χ4v) is 12.2. The van der Waals surface area contributed by atoms with Crippen molar-refractivity contribution in [3.05, 3.63) is 329 Å². The molecule has 0 radical (unpaired) electrons. The molecule has 0 saturated heterocycles. The van der Waals surface area contributed by atoms with Crippen LogP contribution in [-0.4, -0.2) is 0 Å². The molecule has 1 heteroatoms. The van der Waals surface area contributed by atoms with Crippen LogP contribution in [0.15, 0.2) is 273 Å². The average molecular weight is 880 g/mol. The van der Waals surface area contributed by atoms with Crippen LogP contribution >= 0.6 is 0 Å². The molecule has 1 spiro atoms. The molecular formula is C68H49N. The predicted molar refractivity (Wildman–Crippen MR) is 287 cm³/mol. The van der Waals surface area contributed by atoms with E-state index in [0.29, 0.717) is 0 Å². The lowest BCUT2D eigenvalue weighted by Crippen LogP contribution is -2.44. The van der Waals surface area contributed by atoms with E-state index in [0.717, 1.165) is 29.9 Å². The van der Waals surface area contributed by atoms with Gasteiger partial charge in [-0.15, -0.1) is 0 Å². The first-order valence-electron chi connectivity index (χ1n) is 24.3. The highest BCUT2D eigenvalue weighted by atomic mass is 15.1. The minimum absolute atomic E-state index is 0.530. The number of para-hydroxylation sites is 2. The number of fused-ring (bicyclic) bond motifs is 9. The first kappa shape index (κ1) is 40.7. The van der Waals surface area contributed by atoms with Crippen LogP contribution in [0.4, 0.5) is 17.1 Å². The van der Waals surface area contributed by atoms with E-state index in [1.54, 1.807) is 0 Å². The summed E-state index contributed by atoms with van der Waals surface area (Å²) < 4.78 is 0. The van der Waals surface area contributed by atoms with E-state index in [2.05, 4.69) is 278 Å². The quantitative estimate of drug-likeness (QED) is 0.147. The summed E-state index contributed by atoms with van der Waals surface area (Å²) in [5.41, 5.74) is 23.1. The van der Waals surface area contributed by atoms with Gasteiger partial charge in [-0.3, -0.25) is 0 Å². The normalized spacial score (nSPS) is 14.7. The van der Waals surface area contributed by atoms with E-state index in [1.165, 1.54) is 89.0 Å². The monoisotopic (exact) mass is 879 g/mol. The zero-order chi connectivity index (χ0) is 45.8. The number of nitrogens with zero attached hydrogens (tertiary/aromatic N) is 1. The van der Waals surface area contributed by atoms with E-state index in [-0.39, 0.29) is 0 Å². The molecule has 0 atom stereocenters. The van der Waals surface area contributed by atoms with Crippen LogP contribution in [0.1, 0.15) is 68.5 Å². The van der Waals surface area contributed by atoms with E-state index >= 15 is 0 Å². The first-order valence-corrected chi connectivity index (χ1v) is 24.3. The second kappa shape index (κ2) is 16.7. The minimum atomic E-state index is -0.544. The van der Waals surface area contributed by atoms with Crippen molar-refractivity contribution in [2.75, 3.05) is 4.90 Å². The van der Waals surface area contributed by atoms with E-state index in [9.17, 15) is 0 Å². The third kappa shape index (κ3) is 6.38. The Morgan fingerprint density at radius 2 is 0.754 bits per heavy atom. The van der Waals surface area contributed by atoms with Gasteiger partial charge in [0.05, 0.1) is 10.8 Å². The van der Waals surface area contributed by atoms with Crippen LogP contribution in [0.5, 0.6) is 0 Å². The Morgan fingerprint density at radius 1 is 0.304 bits per heavy atom. The van der Waals surface area contributed by atoms with Crippen molar-refractivity contribution in [1.82, 2.24) is 0 Å². The third-order valence-electron chi connectivity index (χ3n) is 15.1. The first-order chi connectivity index (χ1) is 34.2. The largest absolute Gasteiger partial charge is 0.311 e. The molecular weight excluding hydrogens is 831 g/mol. The average Bonchev–Trinajstić information content (AvgIpc) is 3.73. The lowest BCUT2D eigenvalue weighted by atomic mass is 9.51. The van der Waals surface area contributed by atoms with E-state index < -0.39 is 10.8 Å². The van der Waals surface area contributed by atoms with Crippen molar-refractivity contribution in [1.29, 1.82) is 0 Å². The van der Waals surface area contributed by atoms with Gasteiger partial charge in [-0.2, -0.15) is 0 Å². The summed E-state index contributed by atoms with van der Waals surface area (Å²) in [4.78, 5) is 2.32. The molecule has 3 aliphatic rings. The standard InChI is InChI=1S/C68H49N/c1-5-25-54(26-6-1)67(55-27-7-2-8-28-55)62-35-15-17-37-64(62)68(65-38-18-16-36-63(65)67)61-34-14-13-33-59(61)60-44-41-53(47-66(60)68)52-24-20-23-51(46-52)50-22-19-21-49(45-50)48-39-42-58(43-40-48)69(56-29-9-3-10-30-56)57-31-11-4-12-32-57/h1-18,20,22-47H,19,21H2. The Balaban J connectivity index is 0.914. The summed E-state index contributed by atoms with van der Waals surface area (Å²) >= 11 is 0. The summed E-state index contributed by atoms with van der Waals surface area (Å²) in [5, 5.41) is 0. The molecule has 0 aromatic heterocycles. The van der Waals surface area contributed by atoms with Crippen LogP contribution < -0.4 is 4.90 Å². The van der Waals surface area contributed by atoms with Gasteiger partial charge < -0.3 is 4.90 Å². The number of benzene rings is 10. The summed E-state index contributed by atoms with van der Waals surface area (Å²) in [6, 6.07) is 96.9. The Morgan fingerprint density at radius 3 is 1.35 bits per heavy atom. The zero-order valence-corrected chi connectivity index (χ0v) is 38.3. The van der Waals surface area contributed by atoms with Crippen molar-refractivity contribution < 1.29 is 0 Å². The highest BCUT2D eigenvalue weighted by molar-refractivity contribution is 5.92. The van der Waals surface area contributed by atoms with Gasteiger partial charge in [-0.25, -0.2) is 0 Å². The third-order valence-corrected chi connectivity index (χ3v) is 15.1. The molecule has 0 bridgehead atoms. The maximum absolute atomic E-state index is 2.52. The summed E-state index contributed by atoms with van der Waals surface area (Å²) in [6.07, 6.45) is 6.84. The molecule has 0 fully saturated rings. The zero-order valence-electron chi connectivity index (χ0n) is 38.3. The second-order valence-corrected chi connectivity index (χ2v) is 18.6. The van der Waals surface area contributed by atoms with Gasteiger partial charge in [0.2, 0.25) is 0 Å². The SMILES string of the molecule is C1=C(c2cccc(-c3ccc4c(c3)C3(c5ccccc5-4)c4ccccc4C(c4ccccc4)(c4ccccc4)c4ccccc43)c2)C=C(c2ccc(N(c3ccccc3)c3ccccc3)cc2)CC1. The van der Waals surface area contributed by atoms with E-state index in [1.807, 2.05) is 0 Å². The van der Waals surface area contributed by atoms with Crippen molar-refractivity contribution in [3.8, 4) is 22.3 Å². The molecule has 13 rings (SSSR count).